The second-order valence-corrected chi connectivity index (χ2v) is 4.22. The third-order valence-corrected chi connectivity index (χ3v) is 2.42. The van der Waals surface area contributed by atoms with E-state index < -0.39 is 0 Å². The minimum absolute atomic E-state index is 0.0622. The summed E-state index contributed by atoms with van der Waals surface area (Å²) in [4.78, 5) is 13.6. The van der Waals surface area contributed by atoms with E-state index in [1.54, 1.807) is 0 Å². The van der Waals surface area contributed by atoms with Gasteiger partial charge in [-0.1, -0.05) is 0 Å². The van der Waals surface area contributed by atoms with Gasteiger partial charge in [-0.2, -0.15) is 0 Å². The average molecular weight is 200 g/mol. The Morgan fingerprint density at radius 1 is 1.64 bits per heavy atom. The zero-order chi connectivity index (χ0) is 10.7. The van der Waals surface area contributed by atoms with Crippen LogP contribution in [0.4, 0.5) is 0 Å². The highest BCUT2D eigenvalue weighted by molar-refractivity contribution is 5.77. The van der Waals surface area contributed by atoms with Crippen LogP contribution in [0.25, 0.3) is 0 Å². The number of amides is 1. The molecule has 1 saturated heterocycles. The lowest BCUT2D eigenvalue weighted by atomic mass is 10.1. The predicted molar refractivity (Wildman–Crippen MR) is 54.9 cm³/mol. The third kappa shape index (κ3) is 2.96. The molecule has 14 heavy (non-hydrogen) atoms. The van der Waals surface area contributed by atoms with Crippen molar-refractivity contribution < 1.29 is 9.53 Å². The van der Waals surface area contributed by atoms with Crippen molar-refractivity contribution in [3.8, 4) is 0 Å². The second-order valence-electron chi connectivity index (χ2n) is 4.22. The van der Waals surface area contributed by atoms with Crippen LogP contribution in [0.2, 0.25) is 0 Å². The Bertz CT molecular complexity index is 206. The molecule has 82 valence electrons. The first-order chi connectivity index (χ1) is 6.50. The lowest BCUT2D eigenvalue weighted by Crippen LogP contribution is -2.51. The summed E-state index contributed by atoms with van der Waals surface area (Å²) in [6.45, 7) is 7.16. The van der Waals surface area contributed by atoms with Gasteiger partial charge in [-0.15, -0.1) is 0 Å². The van der Waals surface area contributed by atoms with Gasteiger partial charge in [0, 0.05) is 19.0 Å². The molecule has 0 aromatic rings. The summed E-state index contributed by atoms with van der Waals surface area (Å²) in [5.74, 6) is 0.141. The summed E-state index contributed by atoms with van der Waals surface area (Å²) in [6.07, 6.45) is 0.570. The molecule has 1 heterocycles. The molecule has 0 aliphatic carbocycles. The summed E-state index contributed by atoms with van der Waals surface area (Å²) >= 11 is 0. The van der Waals surface area contributed by atoms with Gasteiger partial charge in [0.25, 0.3) is 0 Å². The molecule has 3 unspecified atom stereocenters. The Morgan fingerprint density at radius 2 is 2.29 bits per heavy atom. The van der Waals surface area contributed by atoms with Crippen molar-refractivity contribution in [3.63, 3.8) is 0 Å². The normalized spacial score (nSPS) is 30.1. The molecule has 1 amide bonds. The van der Waals surface area contributed by atoms with Gasteiger partial charge < -0.3 is 15.4 Å². The molecule has 0 bridgehead atoms. The predicted octanol–water partition coefficient (Wildman–Crippen LogP) is 0.359. The minimum Gasteiger partial charge on any atom is -0.375 e. The van der Waals surface area contributed by atoms with Crippen molar-refractivity contribution in [3.05, 3.63) is 0 Å². The van der Waals surface area contributed by atoms with Crippen LogP contribution in [0.3, 0.4) is 0 Å². The third-order valence-electron chi connectivity index (χ3n) is 2.42. The lowest BCUT2D eigenvalue weighted by molar-refractivity contribution is -0.143. The Kier molecular flexibility index (Phi) is 3.89. The number of nitrogens with zero attached hydrogens (tertiary/aromatic N) is 1. The average Bonchev–Trinajstić information content (AvgIpc) is 2.08. The molecule has 0 saturated carbocycles. The van der Waals surface area contributed by atoms with E-state index in [1.807, 2.05) is 25.7 Å². The zero-order valence-corrected chi connectivity index (χ0v) is 9.19. The van der Waals surface area contributed by atoms with Crippen LogP contribution >= 0.6 is 0 Å². The Morgan fingerprint density at radius 3 is 2.86 bits per heavy atom. The van der Waals surface area contributed by atoms with Crippen LogP contribution in [0.1, 0.15) is 27.2 Å². The topological polar surface area (TPSA) is 55.6 Å². The van der Waals surface area contributed by atoms with Gasteiger partial charge in [-0.3, -0.25) is 4.79 Å². The molecule has 4 heteroatoms. The van der Waals surface area contributed by atoms with Crippen LogP contribution in [-0.4, -0.2) is 42.1 Å². The quantitative estimate of drug-likeness (QED) is 0.700. The summed E-state index contributed by atoms with van der Waals surface area (Å²) in [6, 6.07) is 0.116. The fourth-order valence-corrected chi connectivity index (χ4v) is 1.64. The van der Waals surface area contributed by atoms with Crippen molar-refractivity contribution in [1.29, 1.82) is 0 Å². The molecule has 0 spiro atoms. The van der Waals surface area contributed by atoms with E-state index in [0.717, 1.165) is 0 Å². The SMILES string of the molecule is CC(N)CC(=O)N1CC(C)OCC1C. The number of nitrogens with two attached hydrogens (primary N) is 1. The van der Waals surface area contributed by atoms with E-state index in [0.29, 0.717) is 19.6 Å². The smallest absolute Gasteiger partial charge is 0.224 e. The maximum Gasteiger partial charge on any atom is 0.224 e. The van der Waals surface area contributed by atoms with Gasteiger partial charge in [-0.25, -0.2) is 0 Å². The molecule has 1 fully saturated rings. The number of rotatable bonds is 2. The zero-order valence-electron chi connectivity index (χ0n) is 9.19. The number of ether oxygens (including phenoxy) is 1. The molecule has 0 aromatic heterocycles. The second kappa shape index (κ2) is 4.75. The van der Waals surface area contributed by atoms with E-state index >= 15 is 0 Å². The number of hydrogen-bond donors (Lipinski definition) is 1. The Balaban J connectivity index is 2.51. The van der Waals surface area contributed by atoms with Crippen LogP contribution in [0, 0.1) is 0 Å². The van der Waals surface area contributed by atoms with E-state index in [-0.39, 0.29) is 24.1 Å². The molecule has 4 nitrogen and oxygen atoms in total. The van der Waals surface area contributed by atoms with Crippen molar-refractivity contribution in [2.45, 2.75) is 45.4 Å². The fraction of sp³-hybridized carbons (Fsp3) is 0.900. The number of hydrogen-bond acceptors (Lipinski definition) is 3. The van der Waals surface area contributed by atoms with Crippen LogP contribution in [-0.2, 0) is 9.53 Å². The lowest BCUT2D eigenvalue weighted by Gasteiger charge is -2.37. The van der Waals surface area contributed by atoms with Crippen LogP contribution in [0.15, 0.2) is 0 Å². The highest BCUT2D eigenvalue weighted by Gasteiger charge is 2.27. The maximum absolute atomic E-state index is 11.8. The monoisotopic (exact) mass is 200 g/mol. The van der Waals surface area contributed by atoms with Gasteiger partial charge in [-0.05, 0) is 20.8 Å². The van der Waals surface area contributed by atoms with Gasteiger partial charge in [0.1, 0.15) is 0 Å². The van der Waals surface area contributed by atoms with Gasteiger partial charge in [0.2, 0.25) is 5.91 Å². The first-order valence-electron chi connectivity index (χ1n) is 5.17. The molecule has 1 aliphatic rings. The number of morpholine rings is 1. The van der Waals surface area contributed by atoms with Crippen molar-refractivity contribution in [1.82, 2.24) is 4.90 Å². The largest absolute Gasteiger partial charge is 0.375 e. The van der Waals surface area contributed by atoms with E-state index in [9.17, 15) is 4.79 Å². The molecule has 3 atom stereocenters. The van der Waals surface area contributed by atoms with Crippen molar-refractivity contribution >= 4 is 5.91 Å². The van der Waals surface area contributed by atoms with E-state index in [4.69, 9.17) is 10.5 Å². The first-order valence-corrected chi connectivity index (χ1v) is 5.17. The number of carbonyl (C=O) groups is 1. The van der Waals surface area contributed by atoms with Crippen molar-refractivity contribution in [2.75, 3.05) is 13.2 Å². The first kappa shape index (κ1) is 11.5. The van der Waals surface area contributed by atoms with Gasteiger partial charge in [0.15, 0.2) is 0 Å². The minimum atomic E-state index is -0.0622. The van der Waals surface area contributed by atoms with E-state index in [1.165, 1.54) is 0 Å². The van der Waals surface area contributed by atoms with E-state index in [2.05, 4.69) is 0 Å². The Hall–Kier alpha value is -0.610. The summed E-state index contributed by atoms with van der Waals surface area (Å²) < 4.78 is 5.45. The van der Waals surface area contributed by atoms with Crippen LogP contribution in [0.5, 0.6) is 0 Å². The van der Waals surface area contributed by atoms with Gasteiger partial charge in [0.05, 0.1) is 18.8 Å². The Labute approximate surface area is 85.4 Å². The fourth-order valence-electron chi connectivity index (χ4n) is 1.64. The standard InChI is InChI=1S/C10H20N2O2/c1-7(11)4-10(13)12-5-9(3)14-6-8(12)2/h7-9H,4-6,11H2,1-3H3. The summed E-state index contributed by atoms with van der Waals surface area (Å²) in [5, 5.41) is 0. The van der Waals surface area contributed by atoms with Crippen molar-refractivity contribution in [2.24, 2.45) is 5.73 Å². The molecule has 0 radical (unpaired) electrons. The highest BCUT2D eigenvalue weighted by atomic mass is 16.5. The molecular formula is C10H20N2O2. The number of carbonyl (C=O) groups excluding carboxylic acids is 1. The highest BCUT2D eigenvalue weighted by Crippen LogP contribution is 2.12. The summed E-state index contributed by atoms with van der Waals surface area (Å²) in [5.41, 5.74) is 5.60. The molecule has 2 N–H and O–H groups in total. The summed E-state index contributed by atoms with van der Waals surface area (Å²) in [7, 11) is 0. The maximum atomic E-state index is 11.8. The molecule has 1 rings (SSSR count). The molecule has 0 aromatic carbocycles. The van der Waals surface area contributed by atoms with Gasteiger partial charge >= 0.3 is 0 Å². The van der Waals surface area contributed by atoms with Crippen LogP contribution < -0.4 is 5.73 Å². The molecule has 1 aliphatic heterocycles. The molecular weight excluding hydrogens is 180 g/mol.